The zero-order valence-electron chi connectivity index (χ0n) is 11.9. The summed E-state index contributed by atoms with van der Waals surface area (Å²) < 4.78 is 2.89. The van der Waals surface area contributed by atoms with Crippen molar-refractivity contribution >= 4 is 11.2 Å². The van der Waals surface area contributed by atoms with Crippen LogP contribution in [0, 0.1) is 6.92 Å². The Hall–Kier alpha value is -1.85. The Kier molecular flexibility index (Phi) is 3.59. The second kappa shape index (κ2) is 5.03. The lowest BCUT2D eigenvalue weighted by Gasteiger charge is -2.13. The smallest absolute Gasteiger partial charge is 0.332 e. The summed E-state index contributed by atoms with van der Waals surface area (Å²) in [6.07, 6.45) is 1.87. The third-order valence-corrected chi connectivity index (χ3v) is 3.18. The van der Waals surface area contributed by atoms with Crippen LogP contribution in [0.25, 0.3) is 11.2 Å². The van der Waals surface area contributed by atoms with Crippen LogP contribution >= 0.6 is 0 Å². The van der Waals surface area contributed by atoms with Crippen LogP contribution in [0.2, 0.25) is 0 Å². The average Bonchev–Trinajstić information content (AvgIpc) is 2.71. The number of hydrogen-bond acceptors (Lipinski definition) is 3. The molecule has 0 amide bonds. The van der Waals surface area contributed by atoms with Crippen molar-refractivity contribution in [2.75, 3.05) is 0 Å². The maximum atomic E-state index is 12.4. The molecule has 0 atom stereocenters. The van der Waals surface area contributed by atoms with Gasteiger partial charge in [0.1, 0.15) is 11.3 Å². The highest BCUT2D eigenvalue weighted by molar-refractivity contribution is 5.69. The summed E-state index contributed by atoms with van der Waals surface area (Å²) in [6, 6.07) is -0.166. The monoisotopic (exact) mass is 264 g/mol. The first-order valence-corrected chi connectivity index (χ1v) is 6.69. The molecule has 0 saturated heterocycles. The van der Waals surface area contributed by atoms with E-state index in [1.807, 2.05) is 13.8 Å². The van der Waals surface area contributed by atoms with Crippen LogP contribution in [-0.4, -0.2) is 19.1 Å². The molecule has 0 unspecified atom stereocenters. The fraction of sp³-hybridized carbons (Fsp3) is 0.615. The van der Waals surface area contributed by atoms with E-state index in [4.69, 9.17) is 0 Å². The van der Waals surface area contributed by atoms with E-state index in [1.165, 1.54) is 4.57 Å². The summed E-state index contributed by atoms with van der Waals surface area (Å²) in [5, 5.41) is 0. The lowest BCUT2D eigenvalue weighted by Crippen LogP contribution is -2.41. The molecule has 0 aliphatic heterocycles. The van der Waals surface area contributed by atoms with E-state index >= 15 is 0 Å². The van der Waals surface area contributed by atoms with Crippen molar-refractivity contribution in [1.29, 1.82) is 0 Å². The van der Waals surface area contributed by atoms with Gasteiger partial charge < -0.3 is 4.98 Å². The van der Waals surface area contributed by atoms with Gasteiger partial charge in [0.25, 0.3) is 5.56 Å². The maximum absolute atomic E-state index is 12.4. The van der Waals surface area contributed by atoms with Gasteiger partial charge in [-0.25, -0.2) is 9.78 Å². The molecule has 6 nitrogen and oxygen atoms in total. The van der Waals surface area contributed by atoms with Crippen molar-refractivity contribution in [2.24, 2.45) is 0 Å². The largest absolute Gasteiger partial charge is 0.336 e. The average molecular weight is 264 g/mol. The number of rotatable bonds is 4. The van der Waals surface area contributed by atoms with Crippen molar-refractivity contribution in [3.63, 3.8) is 0 Å². The highest BCUT2D eigenvalue weighted by Crippen LogP contribution is 2.08. The highest BCUT2D eigenvalue weighted by Gasteiger charge is 2.17. The molecule has 0 spiro atoms. The molecule has 0 aliphatic rings. The second-order valence-electron chi connectivity index (χ2n) is 5.08. The lowest BCUT2D eigenvalue weighted by atomic mass is 10.3. The summed E-state index contributed by atoms with van der Waals surface area (Å²) >= 11 is 0. The molecule has 104 valence electrons. The van der Waals surface area contributed by atoms with Gasteiger partial charge in [-0.15, -0.1) is 0 Å². The van der Waals surface area contributed by atoms with Crippen molar-refractivity contribution in [2.45, 2.75) is 53.1 Å². The van der Waals surface area contributed by atoms with Gasteiger partial charge in [-0.05, 0) is 27.2 Å². The van der Waals surface area contributed by atoms with E-state index in [0.717, 1.165) is 12.8 Å². The maximum Gasteiger partial charge on any atom is 0.332 e. The summed E-state index contributed by atoms with van der Waals surface area (Å²) in [7, 11) is 0. The minimum Gasteiger partial charge on any atom is -0.336 e. The molecule has 0 aromatic carbocycles. The van der Waals surface area contributed by atoms with Gasteiger partial charge in [-0.3, -0.25) is 13.9 Å². The Bertz CT molecular complexity index is 706. The van der Waals surface area contributed by atoms with Crippen LogP contribution in [-0.2, 0) is 6.54 Å². The van der Waals surface area contributed by atoms with Gasteiger partial charge >= 0.3 is 5.69 Å². The molecular weight excluding hydrogens is 244 g/mol. The van der Waals surface area contributed by atoms with E-state index in [0.29, 0.717) is 23.5 Å². The molecule has 2 rings (SSSR count). The van der Waals surface area contributed by atoms with E-state index in [9.17, 15) is 9.59 Å². The van der Waals surface area contributed by atoms with Gasteiger partial charge in [0.2, 0.25) is 0 Å². The highest BCUT2D eigenvalue weighted by atomic mass is 16.2. The van der Waals surface area contributed by atoms with Crippen LogP contribution in [0.4, 0.5) is 0 Å². The number of nitrogens with one attached hydrogen (secondary N) is 1. The van der Waals surface area contributed by atoms with E-state index < -0.39 is 0 Å². The molecule has 0 radical (unpaired) electrons. The number of imidazole rings is 1. The van der Waals surface area contributed by atoms with Crippen LogP contribution in [0.5, 0.6) is 0 Å². The third-order valence-electron chi connectivity index (χ3n) is 3.18. The molecule has 6 heteroatoms. The Balaban J connectivity index is 2.84. The quantitative estimate of drug-likeness (QED) is 0.911. The number of nitrogens with zero attached hydrogens (tertiary/aromatic N) is 3. The van der Waals surface area contributed by atoms with Crippen molar-refractivity contribution in [1.82, 2.24) is 19.1 Å². The first kappa shape index (κ1) is 13.6. The SMILES string of the molecule is CCCCn1c(=O)n(C(C)C)c(=O)c2[nH]c(C)nc21. The number of aromatic amines is 1. The predicted molar refractivity (Wildman–Crippen MR) is 74.6 cm³/mol. The first-order valence-electron chi connectivity index (χ1n) is 6.69. The minimum absolute atomic E-state index is 0.166. The fourth-order valence-corrected chi connectivity index (χ4v) is 2.23. The van der Waals surface area contributed by atoms with E-state index in [2.05, 4.69) is 16.9 Å². The van der Waals surface area contributed by atoms with Crippen LogP contribution in [0.3, 0.4) is 0 Å². The second-order valence-corrected chi connectivity index (χ2v) is 5.08. The zero-order valence-corrected chi connectivity index (χ0v) is 11.9. The summed E-state index contributed by atoms with van der Waals surface area (Å²) in [5.74, 6) is 0.651. The Labute approximate surface area is 111 Å². The Morgan fingerprint density at radius 2 is 2.00 bits per heavy atom. The van der Waals surface area contributed by atoms with Gasteiger partial charge in [0.15, 0.2) is 5.65 Å². The Morgan fingerprint density at radius 1 is 1.32 bits per heavy atom. The molecule has 2 aromatic rings. The van der Waals surface area contributed by atoms with Gasteiger partial charge in [0.05, 0.1) is 0 Å². The summed E-state index contributed by atoms with van der Waals surface area (Å²) in [5.41, 5.74) is 0.329. The topological polar surface area (TPSA) is 72.7 Å². The molecule has 0 bridgehead atoms. The molecule has 0 saturated carbocycles. The normalized spacial score (nSPS) is 11.6. The van der Waals surface area contributed by atoms with E-state index in [1.54, 1.807) is 11.5 Å². The molecule has 2 heterocycles. The molecule has 19 heavy (non-hydrogen) atoms. The standard InChI is InChI=1S/C13H20N4O2/c1-5-6-7-16-11-10(14-9(4)15-11)12(18)17(8(2)3)13(16)19/h8H,5-7H2,1-4H3,(H,14,15). The number of H-pyrrole nitrogens is 1. The van der Waals surface area contributed by atoms with Crippen LogP contribution in [0.1, 0.15) is 45.5 Å². The molecule has 0 fully saturated rings. The fourth-order valence-electron chi connectivity index (χ4n) is 2.23. The van der Waals surface area contributed by atoms with E-state index in [-0.39, 0.29) is 17.3 Å². The summed E-state index contributed by atoms with van der Waals surface area (Å²) in [4.78, 5) is 32.0. The number of aryl methyl sites for hydroxylation is 2. The molecule has 1 N–H and O–H groups in total. The van der Waals surface area contributed by atoms with Gasteiger partial charge in [0, 0.05) is 12.6 Å². The zero-order chi connectivity index (χ0) is 14.2. The molecule has 0 aliphatic carbocycles. The number of aromatic nitrogens is 4. The van der Waals surface area contributed by atoms with Crippen molar-refractivity contribution in [3.8, 4) is 0 Å². The first-order chi connectivity index (χ1) is 8.97. The lowest BCUT2D eigenvalue weighted by molar-refractivity contribution is 0.503. The number of unbranched alkanes of at least 4 members (excludes halogenated alkanes) is 1. The van der Waals surface area contributed by atoms with Crippen molar-refractivity contribution in [3.05, 3.63) is 26.7 Å². The van der Waals surface area contributed by atoms with Crippen LogP contribution in [0.15, 0.2) is 9.59 Å². The third kappa shape index (κ3) is 2.22. The number of hydrogen-bond donors (Lipinski definition) is 1. The van der Waals surface area contributed by atoms with Gasteiger partial charge in [-0.2, -0.15) is 0 Å². The summed E-state index contributed by atoms with van der Waals surface area (Å²) in [6.45, 7) is 8.11. The minimum atomic E-state index is -0.289. The van der Waals surface area contributed by atoms with Crippen LogP contribution < -0.4 is 11.2 Å². The number of fused-ring (bicyclic) bond motifs is 1. The van der Waals surface area contributed by atoms with Gasteiger partial charge in [-0.1, -0.05) is 13.3 Å². The predicted octanol–water partition coefficient (Wildman–Crippen LogP) is 1.58. The molecular formula is C13H20N4O2. The van der Waals surface area contributed by atoms with Crippen molar-refractivity contribution < 1.29 is 0 Å². The Morgan fingerprint density at radius 3 is 2.58 bits per heavy atom. The molecule has 2 aromatic heterocycles.